The maximum absolute atomic E-state index is 5.64. The second-order valence-corrected chi connectivity index (χ2v) is 7.73. The Hall–Kier alpha value is -2.64. The van der Waals surface area contributed by atoms with Gasteiger partial charge in [0.2, 0.25) is 4.77 Å². The zero-order chi connectivity index (χ0) is 20.4. The summed E-state index contributed by atoms with van der Waals surface area (Å²) in [5, 5.41) is 3.37. The van der Waals surface area contributed by atoms with E-state index in [9.17, 15) is 0 Å². The van der Waals surface area contributed by atoms with Gasteiger partial charge < -0.3 is 9.47 Å². The maximum atomic E-state index is 5.64. The van der Waals surface area contributed by atoms with Gasteiger partial charge in [-0.3, -0.25) is 10.00 Å². The van der Waals surface area contributed by atoms with Gasteiger partial charge in [0.15, 0.2) is 5.82 Å². The average Bonchev–Trinajstić information content (AvgIpc) is 3.35. The third-order valence-corrected chi connectivity index (χ3v) is 5.80. The first-order chi connectivity index (χ1) is 14.1. The summed E-state index contributed by atoms with van der Waals surface area (Å²) in [4.78, 5) is 6.98. The summed E-state index contributed by atoms with van der Waals surface area (Å²) >= 11 is 5.52. The van der Waals surface area contributed by atoms with E-state index in [1.807, 2.05) is 16.8 Å². The van der Waals surface area contributed by atoms with E-state index in [4.69, 9.17) is 21.7 Å². The predicted octanol–water partition coefficient (Wildman–Crippen LogP) is 4.73. The second kappa shape index (κ2) is 8.39. The predicted molar refractivity (Wildman–Crippen MR) is 116 cm³/mol. The fraction of sp³-hybridized carbons (Fsp3) is 0.364. The van der Waals surface area contributed by atoms with Crippen molar-refractivity contribution < 1.29 is 9.47 Å². The molecule has 3 aromatic rings. The molecule has 2 aromatic carbocycles. The number of benzene rings is 2. The van der Waals surface area contributed by atoms with E-state index in [0.717, 1.165) is 42.3 Å². The number of H-pyrrole nitrogens is 1. The van der Waals surface area contributed by atoms with Crippen LogP contribution in [0, 0.1) is 11.7 Å². The Labute approximate surface area is 176 Å². The number of methoxy groups -OCH3 is 2. The smallest absolute Gasteiger partial charge is 0.217 e. The molecular formula is C22H26N4O2S. The van der Waals surface area contributed by atoms with E-state index in [0.29, 0.717) is 11.4 Å². The van der Waals surface area contributed by atoms with Gasteiger partial charge in [-0.05, 0) is 38.0 Å². The molecule has 0 aliphatic carbocycles. The Balaban J connectivity index is 1.58. The van der Waals surface area contributed by atoms with Crippen LogP contribution in [0.25, 0.3) is 11.4 Å². The molecule has 4 rings (SSSR count). The second-order valence-electron chi connectivity index (χ2n) is 7.37. The van der Waals surface area contributed by atoms with Gasteiger partial charge in [-0.25, -0.2) is 4.68 Å². The van der Waals surface area contributed by atoms with Crippen LogP contribution in [0.5, 0.6) is 11.5 Å². The third-order valence-electron chi connectivity index (χ3n) is 5.49. The van der Waals surface area contributed by atoms with Gasteiger partial charge in [0.05, 0.1) is 20.9 Å². The molecule has 1 atom stereocenters. The van der Waals surface area contributed by atoms with Crippen LogP contribution in [0.4, 0.5) is 0 Å². The van der Waals surface area contributed by atoms with Crippen LogP contribution in [0.15, 0.2) is 42.5 Å². The molecule has 0 radical (unpaired) electrons. The number of hydrogen-bond donors (Lipinski definition) is 1. The number of likely N-dealkylation sites (tertiary alicyclic amines) is 1. The van der Waals surface area contributed by atoms with Crippen molar-refractivity contribution in [2.75, 3.05) is 20.8 Å². The summed E-state index contributed by atoms with van der Waals surface area (Å²) in [6, 6.07) is 14.6. The monoisotopic (exact) mass is 410 g/mol. The number of ether oxygens (including phenoxy) is 2. The Morgan fingerprint density at radius 2 is 1.93 bits per heavy atom. The summed E-state index contributed by atoms with van der Waals surface area (Å²) in [7, 11) is 3.37. The molecule has 6 nitrogen and oxygen atoms in total. The molecule has 1 saturated heterocycles. The van der Waals surface area contributed by atoms with Gasteiger partial charge in [-0.2, -0.15) is 4.98 Å². The zero-order valence-electron chi connectivity index (χ0n) is 17.0. The minimum atomic E-state index is 0.267. The van der Waals surface area contributed by atoms with Crippen molar-refractivity contribution in [2.45, 2.75) is 32.5 Å². The summed E-state index contributed by atoms with van der Waals surface area (Å²) in [5.74, 6) is 2.45. The molecule has 29 heavy (non-hydrogen) atoms. The number of rotatable bonds is 6. The van der Waals surface area contributed by atoms with Crippen LogP contribution in [0.1, 0.15) is 30.0 Å². The number of nitrogens with zero attached hydrogens (tertiary/aromatic N) is 3. The standard InChI is InChI=1S/C22H26N4O2S/c1-15-6-8-16(9-7-15)21-23-22(29)26(24-21)14-25-12-4-5-19(25)18-11-10-17(27-2)13-20(18)28-3/h6-11,13,19H,4-5,12,14H2,1-3H3,(H,23,24,29)/t19-/m1/s1. The normalized spacial score (nSPS) is 16.9. The Morgan fingerprint density at radius 3 is 2.66 bits per heavy atom. The van der Waals surface area contributed by atoms with Gasteiger partial charge in [0.25, 0.3) is 0 Å². The van der Waals surface area contributed by atoms with Crippen LogP contribution in [-0.4, -0.2) is 40.4 Å². The number of aromatic amines is 1. The first-order valence-corrected chi connectivity index (χ1v) is 10.2. The first kappa shape index (κ1) is 19.7. The molecule has 1 aliphatic rings. The lowest BCUT2D eigenvalue weighted by molar-refractivity contribution is 0.187. The molecule has 1 aliphatic heterocycles. The van der Waals surface area contributed by atoms with Crippen LogP contribution >= 0.6 is 12.2 Å². The molecule has 1 fully saturated rings. The summed E-state index contributed by atoms with van der Waals surface area (Å²) in [5.41, 5.74) is 3.44. The highest BCUT2D eigenvalue weighted by Gasteiger charge is 2.29. The molecule has 7 heteroatoms. The fourth-order valence-corrected chi connectivity index (χ4v) is 4.11. The van der Waals surface area contributed by atoms with E-state index < -0.39 is 0 Å². The Bertz CT molecular complexity index is 1040. The molecule has 0 spiro atoms. The van der Waals surface area contributed by atoms with Gasteiger partial charge >= 0.3 is 0 Å². The van der Waals surface area contributed by atoms with Crippen LogP contribution in [-0.2, 0) is 6.67 Å². The van der Waals surface area contributed by atoms with Crippen molar-refractivity contribution in [1.29, 1.82) is 0 Å². The largest absolute Gasteiger partial charge is 0.497 e. The van der Waals surface area contributed by atoms with Crippen molar-refractivity contribution in [3.05, 3.63) is 58.4 Å². The molecule has 152 valence electrons. The summed E-state index contributed by atoms with van der Waals surface area (Å²) in [6.07, 6.45) is 2.21. The van der Waals surface area contributed by atoms with E-state index >= 15 is 0 Å². The molecular weight excluding hydrogens is 384 g/mol. The fourth-order valence-electron chi connectivity index (χ4n) is 3.92. The third kappa shape index (κ3) is 4.06. The van der Waals surface area contributed by atoms with E-state index in [2.05, 4.69) is 52.2 Å². The molecule has 0 amide bonds. The lowest BCUT2D eigenvalue weighted by atomic mass is 10.0. The van der Waals surface area contributed by atoms with Crippen molar-refractivity contribution in [3.63, 3.8) is 0 Å². The van der Waals surface area contributed by atoms with Crippen LogP contribution < -0.4 is 9.47 Å². The maximum Gasteiger partial charge on any atom is 0.217 e. The molecule has 0 bridgehead atoms. The summed E-state index contributed by atoms with van der Waals surface area (Å²) < 4.78 is 13.5. The minimum Gasteiger partial charge on any atom is -0.497 e. The van der Waals surface area contributed by atoms with Crippen LogP contribution in [0.3, 0.4) is 0 Å². The Morgan fingerprint density at radius 1 is 1.14 bits per heavy atom. The van der Waals surface area contributed by atoms with Crippen LogP contribution in [0.2, 0.25) is 0 Å². The number of nitrogens with one attached hydrogen (secondary N) is 1. The van der Waals surface area contributed by atoms with Gasteiger partial charge in [-0.15, -0.1) is 0 Å². The molecule has 1 aromatic heterocycles. The lowest BCUT2D eigenvalue weighted by Crippen LogP contribution is -2.27. The molecule has 1 N–H and O–H groups in total. The Kier molecular flexibility index (Phi) is 5.69. The topological polar surface area (TPSA) is 55.3 Å². The van der Waals surface area contributed by atoms with Crippen molar-refractivity contribution in [3.8, 4) is 22.9 Å². The van der Waals surface area contributed by atoms with Gasteiger partial charge in [-0.1, -0.05) is 35.9 Å². The molecule has 0 saturated carbocycles. The minimum absolute atomic E-state index is 0.267. The highest BCUT2D eigenvalue weighted by Crippen LogP contribution is 2.38. The lowest BCUT2D eigenvalue weighted by Gasteiger charge is -2.26. The summed E-state index contributed by atoms with van der Waals surface area (Å²) in [6.45, 7) is 3.74. The number of hydrogen-bond acceptors (Lipinski definition) is 5. The first-order valence-electron chi connectivity index (χ1n) is 9.79. The number of aromatic nitrogens is 3. The number of aryl methyl sites for hydroxylation is 1. The highest BCUT2D eigenvalue weighted by molar-refractivity contribution is 7.71. The highest BCUT2D eigenvalue weighted by atomic mass is 32.1. The van der Waals surface area contributed by atoms with E-state index in [-0.39, 0.29) is 6.04 Å². The molecule has 2 heterocycles. The quantitative estimate of drug-likeness (QED) is 0.596. The van der Waals surface area contributed by atoms with Crippen molar-refractivity contribution in [2.24, 2.45) is 0 Å². The zero-order valence-corrected chi connectivity index (χ0v) is 17.8. The van der Waals surface area contributed by atoms with E-state index in [1.165, 1.54) is 11.1 Å². The SMILES string of the molecule is COc1ccc([C@H]2CCCN2Cn2[nH]c(-c3ccc(C)cc3)nc2=S)c(OC)c1. The molecule has 0 unspecified atom stereocenters. The van der Waals surface area contributed by atoms with Crippen molar-refractivity contribution >= 4 is 12.2 Å². The van der Waals surface area contributed by atoms with Gasteiger partial charge in [0, 0.05) is 29.8 Å². The van der Waals surface area contributed by atoms with Crippen molar-refractivity contribution in [1.82, 2.24) is 19.7 Å². The van der Waals surface area contributed by atoms with Gasteiger partial charge in [0.1, 0.15) is 11.5 Å². The van der Waals surface area contributed by atoms with E-state index in [1.54, 1.807) is 14.2 Å². The average molecular weight is 411 g/mol.